The standard InChI is InChI=1S/C12H16N4O4/c1-12(2,3)10(18)20-6-16-9(17)7-8(14-5-13-7)15(4)11(16)19/h5H,6H2,1-4H3,(H,13,14). The molecular weight excluding hydrogens is 264 g/mol. The largest absolute Gasteiger partial charge is 0.443 e. The van der Waals surface area contributed by atoms with E-state index in [1.54, 1.807) is 20.8 Å². The van der Waals surface area contributed by atoms with Gasteiger partial charge in [-0.25, -0.2) is 14.3 Å². The van der Waals surface area contributed by atoms with Gasteiger partial charge in [0.15, 0.2) is 12.4 Å². The third-order valence-corrected chi connectivity index (χ3v) is 2.85. The summed E-state index contributed by atoms with van der Waals surface area (Å²) in [7, 11) is 1.49. The lowest BCUT2D eigenvalue weighted by Gasteiger charge is -2.17. The maximum Gasteiger partial charge on any atom is 0.335 e. The number of hydrogen-bond donors (Lipinski definition) is 1. The molecule has 0 aromatic carbocycles. The quantitative estimate of drug-likeness (QED) is 0.779. The third-order valence-electron chi connectivity index (χ3n) is 2.85. The Bertz CT molecular complexity index is 775. The van der Waals surface area contributed by atoms with Crippen LogP contribution in [0, 0.1) is 5.41 Å². The normalized spacial score (nSPS) is 11.8. The number of aromatic nitrogens is 4. The minimum Gasteiger partial charge on any atom is -0.443 e. The van der Waals surface area contributed by atoms with Gasteiger partial charge in [0.2, 0.25) is 0 Å². The Morgan fingerprint density at radius 2 is 2.05 bits per heavy atom. The van der Waals surface area contributed by atoms with Crippen molar-refractivity contribution in [1.82, 2.24) is 19.1 Å². The van der Waals surface area contributed by atoms with Crippen LogP contribution in [0.1, 0.15) is 20.8 Å². The number of ether oxygens (including phenoxy) is 1. The fourth-order valence-corrected chi connectivity index (χ4v) is 1.65. The zero-order valence-electron chi connectivity index (χ0n) is 11.8. The predicted octanol–water partition coefficient (Wildman–Crippen LogP) is -0.0299. The molecule has 2 heterocycles. The molecule has 0 amide bonds. The van der Waals surface area contributed by atoms with Gasteiger partial charge in [-0.05, 0) is 20.8 Å². The van der Waals surface area contributed by atoms with Gasteiger partial charge in [-0.15, -0.1) is 0 Å². The monoisotopic (exact) mass is 280 g/mol. The van der Waals surface area contributed by atoms with Gasteiger partial charge in [-0.1, -0.05) is 0 Å². The first-order valence-corrected chi connectivity index (χ1v) is 6.03. The topological polar surface area (TPSA) is 99.0 Å². The van der Waals surface area contributed by atoms with E-state index < -0.39 is 29.4 Å². The molecule has 2 rings (SSSR count). The fourth-order valence-electron chi connectivity index (χ4n) is 1.65. The van der Waals surface area contributed by atoms with Gasteiger partial charge >= 0.3 is 11.7 Å². The van der Waals surface area contributed by atoms with Gasteiger partial charge in [0, 0.05) is 7.05 Å². The van der Waals surface area contributed by atoms with Gasteiger partial charge in [-0.3, -0.25) is 14.2 Å². The highest BCUT2D eigenvalue weighted by Gasteiger charge is 2.24. The number of hydrogen-bond acceptors (Lipinski definition) is 5. The minimum atomic E-state index is -0.701. The second-order valence-corrected chi connectivity index (χ2v) is 5.49. The third kappa shape index (κ3) is 2.24. The molecule has 0 saturated carbocycles. The van der Waals surface area contributed by atoms with E-state index in [9.17, 15) is 14.4 Å². The highest BCUT2D eigenvalue weighted by Crippen LogP contribution is 2.15. The lowest BCUT2D eigenvalue weighted by molar-refractivity contribution is -0.157. The molecule has 0 aliphatic rings. The molecule has 108 valence electrons. The zero-order chi connectivity index (χ0) is 15.1. The van der Waals surface area contributed by atoms with Crippen molar-refractivity contribution in [3.63, 3.8) is 0 Å². The molecule has 8 heteroatoms. The lowest BCUT2D eigenvalue weighted by Crippen LogP contribution is -2.40. The first-order valence-electron chi connectivity index (χ1n) is 6.03. The predicted molar refractivity (Wildman–Crippen MR) is 71.1 cm³/mol. The van der Waals surface area contributed by atoms with Crippen molar-refractivity contribution in [3.05, 3.63) is 27.2 Å². The fraction of sp³-hybridized carbons (Fsp3) is 0.500. The minimum absolute atomic E-state index is 0.193. The smallest absolute Gasteiger partial charge is 0.335 e. The molecular formula is C12H16N4O4. The number of rotatable bonds is 2. The molecule has 0 fully saturated rings. The van der Waals surface area contributed by atoms with Crippen LogP contribution < -0.4 is 11.2 Å². The number of nitrogens with zero attached hydrogens (tertiary/aromatic N) is 3. The Labute approximate surface area is 114 Å². The van der Waals surface area contributed by atoms with Crippen molar-refractivity contribution in [1.29, 1.82) is 0 Å². The highest BCUT2D eigenvalue weighted by atomic mass is 16.5. The van der Waals surface area contributed by atoms with E-state index in [0.717, 1.165) is 4.57 Å². The Morgan fingerprint density at radius 1 is 1.40 bits per heavy atom. The molecule has 20 heavy (non-hydrogen) atoms. The maximum absolute atomic E-state index is 12.1. The van der Waals surface area contributed by atoms with E-state index in [-0.39, 0.29) is 11.2 Å². The average molecular weight is 280 g/mol. The van der Waals surface area contributed by atoms with Crippen LogP contribution in [0.25, 0.3) is 11.2 Å². The second kappa shape index (κ2) is 4.62. The molecule has 0 bridgehead atoms. The van der Waals surface area contributed by atoms with E-state index in [2.05, 4.69) is 9.97 Å². The van der Waals surface area contributed by atoms with Gasteiger partial charge in [0.1, 0.15) is 5.52 Å². The van der Waals surface area contributed by atoms with E-state index in [1.807, 2.05) is 0 Å². The van der Waals surface area contributed by atoms with Crippen molar-refractivity contribution in [2.45, 2.75) is 27.5 Å². The molecule has 0 aliphatic heterocycles. The van der Waals surface area contributed by atoms with Crippen LogP contribution >= 0.6 is 0 Å². The molecule has 1 N–H and O–H groups in total. The number of nitrogens with one attached hydrogen (secondary N) is 1. The summed E-state index contributed by atoms with van der Waals surface area (Å²) in [5, 5.41) is 0. The van der Waals surface area contributed by atoms with Crippen LogP contribution in [0.2, 0.25) is 0 Å². The average Bonchev–Trinajstić information content (AvgIpc) is 2.84. The molecule has 2 aromatic rings. The van der Waals surface area contributed by atoms with E-state index >= 15 is 0 Å². The highest BCUT2D eigenvalue weighted by molar-refractivity contribution is 5.75. The van der Waals surface area contributed by atoms with Crippen LogP contribution in [0.15, 0.2) is 15.9 Å². The van der Waals surface area contributed by atoms with Crippen molar-refractivity contribution in [2.24, 2.45) is 12.5 Å². The van der Waals surface area contributed by atoms with Crippen LogP contribution in [0.3, 0.4) is 0 Å². The first-order chi connectivity index (χ1) is 9.23. The number of imidazole rings is 1. The number of fused-ring (bicyclic) bond motifs is 1. The van der Waals surface area contributed by atoms with E-state index in [4.69, 9.17) is 4.74 Å². The number of H-pyrrole nitrogens is 1. The van der Waals surface area contributed by atoms with Gasteiger partial charge in [0.05, 0.1) is 11.7 Å². The summed E-state index contributed by atoms with van der Waals surface area (Å²) in [6.07, 6.45) is 1.33. The summed E-state index contributed by atoms with van der Waals surface area (Å²) < 4.78 is 7.08. The number of carbonyl (C=O) groups excluding carboxylic acids is 1. The lowest BCUT2D eigenvalue weighted by atomic mass is 9.98. The molecule has 0 aliphatic carbocycles. The summed E-state index contributed by atoms with van der Waals surface area (Å²) in [5.74, 6) is -0.490. The van der Waals surface area contributed by atoms with Crippen molar-refractivity contribution in [3.8, 4) is 0 Å². The summed E-state index contributed by atoms with van der Waals surface area (Å²) >= 11 is 0. The molecule has 0 radical (unpaired) electrons. The first kappa shape index (κ1) is 14.0. The van der Waals surface area contributed by atoms with Gasteiger partial charge in [-0.2, -0.15) is 0 Å². The van der Waals surface area contributed by atoms with E-state index in [0.29, 0.717) is 0 Å². The number of esters is 1. The van der Waals surface area contributed by atoms with Crippen LogP contribution in [0.5, 0.6) is 0 Å². The summed E-state index contributed by atoms with van der Waals surface area (Å²) in [6.45, 7) is 4.65. The maximum atomic E-state index is 12.1. The van der Waals surface area contributed by atoms with Crippen molar-refractivity contribution < 1.29 is 9.53 Å². The van der Waals surface area contributed by atoms with E-state index in [1.165, 1.54) is 17.9 Å². The molecule has 0 atom stereocenters. The summed E-state index contributed by atoms with van der Waals surface area (Å²) in [5.41, 5.74) is -1.40. The number of aromatic amines is 1. The molecule has 0 spiro atoms. The van der Waals surface area contributed by atoms with Crippen molar-refractivity contribution in [2.75, 3.05) is 0 Å². The second-order valence-electron chi connectivity index (χ2n) is 5.49. The summed E-state index contributed by atoms with van der Waals surface area (Å²) in [6, 6.07) is 0. The van der Waals surface area contributed by atoms with Crippen LogP contribution in [-0.2, 0) is 23.3 Å². The van der Waals surface area contributed by atoms with Gasteiger partial charge < -0.3 is 9.72 Å². The molecule has 0 saturated heterocycles. The Kier molecular flexibility index (Phi) is 3.24. The molecule has 0 unspecified atom stereocenters. The summed E-state index contributed by atoms with van der Waals surface area (Å²) in [4.78, 5) is 42.4. The van der Waals surface area contributed by atoms with Crippen molar-refractivity contribution >= 4 is 17.1 Å². The van der Waals surface area contributed by atoms with Gasteiger partial charge in [0.25, 0.3) is 5.56 Å². The Balaban J connectivity index is 2.43. The Hall–Kier alpha value is -2.38. The zero-order valence-corrected chi connectivity index (χ0v) is 11.8. The Morgan fingerprint density at radius 3 is 2.65 bits per heavy atom. The van der Waals surface area contributed by atoms with Crippen LogP contribution in [-0.4, -0.2) is 25.1 Å². The number of aryl methyl sites for hydroxylation is 1. The molecule has 2 aromatic heterocycles. The molecule has 8 nitrogen and oxygen atoms in total. The van der Waals surface area contributed by atoms with Crippen LogP contribution in [0.4, 0.5) is 0 Å². The SMILES string of the molecule is Cn1c(=O)n(COC(=O)C(C)(C)C)c(=O)c2[nH]cnc21. The number of carbonyl (C=O) groups is 1.